The van der Waals surface area contributed by atoms with Crippen molar-refractivity contribution in [2.75, 3.05) is 6.54 Å². The molecule has 0 saturated carbocycles. The lowest BCUT2D eigenvalue weighted by Crippen LogP contribution is -1.98. The molecule has 1 rings (SSSR count). The number of nitrogens with zero attached hydrogens (tertiary/aromatic N) is 3. The first-order chi connectivity index (χ1) is 5.93. The van der Waals surface area contributed by atoms with Crippen molar-refractivity contribution in [3.8, 4) is 0 Å². The lowest BCUT2D eigenvalue weighted by atomic mass is 10.1. The van der Waals surface area contributed by atoms with Crippen LogP contribution in [0.15, 0.2) is 0 Å². The van der Waals surface area contributed by atoms with Crippen LogP contribution in [0.4, 0.5) is 0 Å². The SMILES string of the molecule is NCCCCCCc1nn[nH]n1. The predicted molar refractivity (Wildman–Crippen MR) is 45.4 cm³/mol. The van der Waals surface area contributed by atoms with E-state index < -0.39 is 0 Å². The van der Waals surface area contributed by atoms with E-state index >= 15 is 0 Å². The third kappa shape index (κ3) is 3.43. The van der Waals surface area contributed by atoms with Crippen LogP contribution in [-0.4, -0.2) is 27.2 Å². The second-order valence-electron chi connectivity index (χ2n) is 2.78. The van der Waals surface area contributed by atoms with E-state index in [1.807, 2.05) is 0 Å². The summed E-state index contributed by atoms with van der Waals surface area (Å²) in [7, 11) is 0. The zero-order valence-electron chi connectivity index (χ0n) is 7.16. The first-order valence-electron chi connectivity index (χ1n) is 4.36. The topological polar surface area (TPSA) is 80.5 Å². The Bertz CT molecular complexity index is 184. The van der Waals surface area contributed by atoms with E-state index in [0.717, 1.165) is 31.6 Å². The van der Waals surface area contributed by atoms with Gasteiger partial charge in [-0.25, -0.2) is 0 Å². The lowest BCUT2D eigenvalue weighted by molar-refractivity contribution is 0.635. The van der Waals surface area contributed by atoms with Gasteiger partial charge in [0.15, 0.2) is 5.82 Å². The molecule has 0 unspecified atom stereocenters. The number of aromatic nitrogens is 4. The van der Waals surface area contributed by atoms with Crippen molar-refractivity contribution in [3.63, 3.8) is 0 Å². The Morgan fingerprint density at radius 3 is 2.67 bits per heavy atom. The fourth-order valence-corrected chi connectivity index (χ4v) is 1.07. The molecule has 5 nitrogen and oxygen atoms in total. The molecule has 0 spiro atoms. The van der Waals surface area contributed by atoms with Gasteiger partial charge in [-0.15, -0.1) is 10.2 Å². The van der Waals surface area contributed by atoms with Crippen LogP contribution in [0.25, 0.3) is 0 Å². The molecular formula is C7H15N5. The van der Waals surface area contributed by atoms with Crippen molar-refractivity contribution >= 4 is 0 Å². The average molecular weight is 169 g/mol. The molecule has 0 bridgehead atoms. The summed E-state index contributed by atoms with van der Waals surface area (Å²) in [5, 5.41) is 13.6. The highest BCUT2D eigenvalue weighted by molar-refractivity contribution is 4.74. The van der Waals surface area contributed by atoms with Gasteiger partial charge in [0, 0.05) is 6.42 Å². The normalized spacial score (nSPS) is 10.4. The minimum absolute atomic E-state index is 0.794. The second-order valence-corrected chi connectivity index (χ2v) is 2.78. The van der Waals surface area contributed by atoms with Crippen LogP contribution >= 0.6 is 0 Å². The molecule has 0 aromatic carbocycles. The van der Waals surface area contributed by atoms with Gasteiger partial charge < -0.3 is 5.73 Å². The van der Waals surface area contributed by atoms with Crippen molar-refractivity contribution in [1.29, 1.82) is 0 Å². The van der Waals surface area contributed by atoms with E-state index in [1.165, 1.54) is 12.8 Å². The monoisotopic (exact) mass is 169 g/mol. The Hall–Kier alpha value is -0.970. The van der Waals surface area contributed by atoms with Crippen LogP contribution in [0.2, 0.25) is 0 Å². The first-order valence-corrected chi connectivity index (χ1v) is 4.36. The first kappa shape index (κ1) is 9.12. The fourth-order valence-electron chi connectivity index (χ4n) is 1.07. The van der Waals surface area contributed by atoms with Crippen LogP contribution in [0.3, 0.4) is 0 Å². The Labute approximate surface area is 71.7 Å². The molecule has 1 heterocycles. The van der Waals surface area contributed by atoms with E-state index in [-0.39, 0.29) is 0 Å². The number of hydrogen-bond donors (Lipinski definition) is 2. The standard InChI is InChI=1S/C7H15N5/c8-6-4-2-1-3-5-7-9-11-12-10-7/h1-6,8H2,(H,9,10,11,12). The lowest BCUT2D eigenvalue weighted by Gasteiger charge is -1.95. The molecule has 3 N–H and O–H groups in total. The molecule has 0 fully saturated rings. The summed E-state index contributed by atoms with van der Waals surface area (Å²) in [4.78, 5) is 0. The molecular weight excluding hydrogens is 154 g/mol. The number of tetrazole rings is 1. The number of nitrogens with one attached hydrogen (secondary N) is 1. The maximum atomic E-state index is 5.37. The van der Waals surface area contributed by atoms with Gasteiger partial charge in [0.2, 0.25) is 0 Å². The third-order valence-corrected chi connectivity index (χ3v) is 1.74. The quantitative estimate of drug-likeness (QED) is 0.599. The Morgan fingerprint density at radius 1 is 1.17 bits per heavy atom. The highest BCUT2D eigenvalue weighted by Crippen LogP contribution is 2.01. The summed E-state index contributed by atoms with van der Waals surface area (Å²) >= 11 is 0. The molecule has 0 aliphatic carbocycles. The van der Waals surface area contributed by atoms with Crippen molar-refractivity contribution < 1.29 is 0 Å². The van der Waals surface area contributed by atoms with Crippen LogP contribution in [0, 0.1) is 0 Å². The molecule has 0 aliphatic rings. The predicted octanol–water partition coefficient (Wildman–Crippen LogP) is 0.261. The molecule has 12 heavy (non-hydrogen) atoms. The number of H-pyrrole nitrogens is 1. The van der Waals surface area contributed by atoms with E-state index in [9.17, 15) is 0 Å². The van der Waals surface area contributed by atoms with Gasteiger partial charge in [0.1, 0.15) is 0 Å². The molecule has 5 heteroatoms. The summed E-state index contributed by atoms with van der Waals surface area (Å²) in [5.41, 5.74) is 5.37. The highest BCUT2D eigenvalue weighted by Gasteiger charge is 1.96. The molecule has 68 valence electrons. The third-order valence-electron chi connectivity index (χ3n) is 1.74. The smallest absolute Gasteiger partial charge is 0.174 e. The summed E-state index contributed by atoms with van der Waals surface area (Å²) in [6.07, 6.45) is 5.56. The molecule has 0 radical (unpaired) electrons. The van der Waals surface area contributed by atoms with E-state index in [2.05, 4.69) is 20.6 Å². The minimum atomic E-state index is 0.794. The number of unbranched alkanes of at least 4 members (excludes halogenated alkanes) is 3. The zero-order valence-corrected chi connectivity index (χ0v) is 7.16. The number of nitrogens with two attached hydrogens (primary N) is 1. The largest absolute Gasteiger partial charge is 0.330 e. The Balaban J connectivity index is 1.96. The number of aromatic amines is 1. The highest BCUT2D eigenvalue weighted by atomic mass is 15.5. The Morgan fingerprint density at radius 2 is 2.00 bits per heavy atom. The number of aryl methyl sites for hydroxylation is 1. The van der Waals surface area contributed by atoms with Crippen LogP contribution in [-0.2, 0) is 6.42 Å². The van der Waals surface area contributed by atoms with Crippen LogP contribution in [0.5, 0.6) is 0 Å². The maximum absolute atomic E-state index is 5.37. The minimum Gasteiger partial charge on any atom is -0.330 e. The van der Waals surface area contributed by atoms with Gasteiger partial charge in [0.05, 0.1) is 0 Å². The van der Waals surface area contributed by atoms with Gasteiger partial charge >= 0.3 is 0 Å². The summed E-state index contributed by atoms with van der Waals surface area (Å²) in [6.45, 7) is 0.794. The van der Waals surface area contributed by atoms with E-state index in [0.29, 0.717) is 0 Å². The summed E-state index contributed by atoms with van der Waals surface area (Å²) < 4.78 is 0. The van der Waals surface area contributed by atoms with E-state index in [4.69, 9.17) is 5.73 Å². The van der Waals surface area contributed by atoms with Crippen molar-refractivity contribution in [3.05, 3.63) is 5.82 Å². The van der Waals surface area contributed by atoms with Gasteiger partial charge in [-0.1, -0.05) is 18.1 Å². The van der Waals surface area contributed by atoms with Gasteiger partial charge in [-0.3, -0.25) is 0 Å². The number of hydrogen-bond acceptors (Lipinski definition) is 4. The summed E-state index contributed by atoms with van der Waals surface area (Å²) in [5.74, 6) is 0.808. The average Bonchev–Trinajstić information content (AvgIpc) is 2.57. The van der Waals surface area contributed by atoms with Gasteiger partial charge in [0.25, 0.3) is 0 Å². The Kier molecular flexibility index (Phi) is 4.30. The molecule has 0 saturated heterocycles. The zero-order chi connectivity index (χ0) is 8.65. The molecule has 1 aromatic rings. The van der Waals surface area contributed by atoms with Crippen molar-refractivity contribution in [2.24, 2.45) is 5.73 Å². The molecule has 1 aromatic heterocycles. The van der Waals surface area contributed by atoms with Gasteiger partial charge in [-0.2, -0.15) is 5.21 Å². The van der Waals surface area contributed by atoms with E-state index in [1.54, 1.807) is 0 Å². The maximum Gasteiger partial charge on any atom is 0.174 e. The summed E-state index contributed by atoms with van der Waals surface area (Å²) in [6, 6.07) is 0. The number of rotatable bonds is 6. The fraction of sp³-hybridized carbons (Fsp3) is 0.857. The van der Waals surface area contributed by atoms with Crippen molar-refractivity contribution in [2.45, 2.75) is 32.1 Å². The van der Waals surface area contributed by atoms with Gasteiger partial charge in [-0.05, 0) is 19.4 Å². The molecule has 0 amide bonds. The molecule has 0 atom stereocenters. The van der Waals surface area contributed by atoms with Crippen LogP contribution in [0.1, 0.15) is 31.5 Å². The van der Waals surface area contributed by atoms with Crippen molar-refractivity contribution in [1.82, 2.24) is 20.6 Å². The molecule has 0 aliphatic heterocycles. The van der Waals surface area contributed by atoms with Crippen LogP contribution < -0.4 is 5.73 Å². The second kappa shape index (κ2) is 5.65.